The van der Waals surface area contributed by atoms with Gasteiger partial charge in [-0.15, -0.1) is 11.3 Å². The summed E-state index contributed by atoms with van der Waals surface area (Å²) in [5.74, 6) is 1.01. The standard InChI is InChI=1S/C22H17FN2O2S2/c23-16-8-6-15(7-9-16)21(26)24-17-10-11-19-20(14-17)29-22(25-19)28-13-12-27-18-4-2-1-3-5-18/h1-11,14H,12-13H2,(H,24,26). The Labute approximate surface area is 175 Å². The lowest BCUT2D eigenvalue weighted by molar-refractivity contribution is 0.102. The quantitative estimate of drug-likeness (QED) is 0.298. The van der Waals surface area contributed by atoms with Crippen LogP contribution in [0.15, 0.2) is 77.1 Å². The molecule has 1 heterocycles. The van der Waals surface area contributed by atoms with Crippen LogP contribution in [0, 0.1) is 5.82 Å². The van der Waals surface area contributed by atoms with Gasteiger partial charge in [-0.2, -0.15) is 0 Å². The summed E-state index contributed by atoms with van der Waals surface area (Å²) in [7, 11) is 0. The van der Waals surface area contributed by atoms with E-state index in [1.54, 1.807) is 23.1 Å². The van der Waals surface area contributed by atoms with Crippen molar-refractivity contribution in [3.05, 3.63) is 84.2 Å². The zero-order chi connectivity index (χ0) is 20.1. The minimum atomic E-state index is -0.369. The van der Waals surface area contributed by atoms with E-state index in [0.717, 1.165) is 26.1 Å². The Hall–Kier alpha value is -2.90. The number of aromatic nitrogens is 1. The molecular formula is C22H17FN2O2S2. The molecule has 0 fully saturated rings. The number of hydrogen-bond acceptors (Lipinski definition) is 5. The van der Waals surface area contributed by atoms with E-state index in [1.807, 2.05) is 48.5 Å². The van der Waals surface area contributed by atoms with Gasteiger partial charge >= 0.3 is 0 Å². The number of carbonyl (C=O) groups excluding carboxylic acids is 1. The van der Waals surface area contributed by atoms with Crippen molar-refractivity contribution >= 4 is 44.9 Å². The molecule has 3 aromatic carbocycles. The maximum absolute atomic E-state index is 13.0. The van der Waals surface area contributed by atoms with Crippen molar-refractivity contribution in [1.82, 2.24) is 4.98 Å². The summed E-state index contributed by atoms with van der Waals surface area (Å²) in [6, 6.07) is 20.8. The third-order valence-corrected chi connectivity index (χ3v) is 6.18. The molecular weight excluding hydrogens is 407 g/mol. The highest BCUT2D eigenvalue weighted by atomic mass is 32.2. The second kappa shape index (κ2) is 9.07. The summed E-state index contributed by atoms with van der Waals surface area (Å²) in [5.41, 5.74) is 1.98. The molecule has 0 aliphatic heterocycles. The molecule has 0 spiro atoms. The van der Waals surface area contributed by atoms with Gasteiger partial charge in [0.25, 0.3) is 5.91 Å². The highest BCUT2D eigenvalue weighted by Gasteiger charge is 2.09. The van der Waals surface area contributed by atoms with Crippen LogP contribution in [0.5, 0.6) is 5.75 Å². The van der Waals surface area contributed by atoms with Gasteiger partial charge in [-0.25, -0.2) is 9.37 Å². The predicted molar refractivity (Wildman–Crippen MR) is 117 cm³/mol. The molecule has 0 saturated heterocycles. The molecule has 0 unspecified atom stereocenters. The van der Waals surface area contributed by atoms with E-state index >= 15 is 0 Å². The number of anilines is 1. The van der Waals surface area contributed by atoms with Crippen molar-refractivity contribution in [2.45, 2.75) is 4.34 Å². The van der Waals surface area contributed by atoms with Crippen LogP contribution < -0.4 is 10.1 Å². The Morgan fingerprint density at radius 1 is 1.07 bits per heavy atom. The summed E-state index contributed by atoms with van der Waals surface area (Å²) in [5, 5.41) is 2.84. The highest BCUT2D eigenvalue weighted by Crippen LogP contribution is 2.31. The Morgan fingerprint density at radius 2 is 1.86 bits per heavy atom. The van der Waals surface area contributed by atoms with E-state index in [9.17, 15) is 9.18 Å². The van der Waals surface area contributed by atoms with Crippen molar-refractivity contribution in [3.8, 4) is 5.75 Å². The zero-order valence-electron chi connectivity index (χ0n) is 15.3. The minimum Gasteiger partial charge on any atom is -0.493 e. The van der Waals surface area contributed by atoms with E-state index in [1.165, 1.54) is 24.3 Å². The van der Waals surface area contributed by atoms with Crippen molar-refractivity contribution in [2.24, 2.45) is 0 Å². The number of nitrogens with zero attached hydrogens (tertiary/aromatic N) is 1. The second-order valence-electron chi connectivity index (χ2n) is 6.13. The highest BCUT2D eigenvalue weighted by molar-refractivity contribution is 8.01. The number of para-hydroxylation sites is 1. The molecule has 29 heavy (non-hydrogen) atoms. The summed E-state index contributed by atoms with van der Waals surface area (Å²) in [6.45, 7) is 0.601. The SMILES string of the molecule is O=C(Nc1ccc2nc(SCCOc3ccccc3)sc2c1)c1ccc(F)cc1. The number of nitrogens with one attached hydrogen (secondary N) is 1. The van der Waals surface area contributed by atoms with Crippen molar-refractivity contribution < 1.29 is 13.9 Å². The van der Waals surface area contributed by atoms with Crippen LogP contribution in [-0.4, -0.2) is 23.3 Å². The van der Waals surface area contributed by atoms with Gasteiger partial charge in [0.05, 0.1) is 16.8 Å². The fraction of sp³-hybridized carbons (Fsp3) is 0.0909. The van der Waals surface area contributed by atoms with Crippen LogP contribution in [0.4, 0.5) is 10.1 Å². The number of amides is 1. The largest absolute Gasteiger partial charge is 0.493 e. The van der Waals surface area contributed by atoms with Gasteiger partial charge in [0, 0.05) is 17.0 Å². The summed E-state index contributed by atoms with van der Waals surface area (Å²) in [4.78, 5) is 16.9. The van der Waals surface area contributed by atoms with Crippen LogP contribution in [0.2, 0.25) is 0 Å². The van der Waals surface area contributed by atoms with Gasteiger partial charge in [0.2, 0.25) is 0 Å². The first kappa shape index (κ1) is 19.4. The van der Waals surface area contributed by atoms with E-state index < -0.39 is 0 Å². The van der Waals surface area contributed by atoms with Crippen LogP contribution in [0.3, 0.4) is 0 Å². The topological polar surface area (TPSA) is 51.2 Å². The van der Waals surface area contributed by atoms with Gasteiger partial charge in [-0.05, 0) is 54.6 Å². The van der Waals surface area contributed by atoms with Crippen molar-refractivity contribution in [2.75, 3.05) is 17.7 Å². The molecule has 0 aliphatic rings. The Balaban J connectivity index is 1.35. The van der Waals surface area contributed by atoms with E-state index in [-0.39, 0.29) is 11.7 Å². The number of benzene rings is 3. The first-order valence-electron chi connectivity index (χ1n) is 8.95. The number of rotatable bonds is 7. The normalized spacial score (nSPS) is 10.8. The molecule has 1 amide bonds. The molecule has 1 aromatic heterocycles. The average Bonchev–Trinajstić information content (AvgIpc) is 3.14. The maximum atomic E-state index is 13.0. The average molecular weight is 425 g/mol. The molecule has 0 bridgehead atoms. The number of thioether (sulfide) groups is 1. The van der Waals surface area contributed by atoms with Gasteiger partial charge in [-0.1, -0.05) is 30.0 Å². The predicted octanol–water partition coefficient (Wildman–Crippen LogP) is 5.86. The summed E-state index contributed by atoms with van der Waals surface area (Å²) >= 11 is 3.22. The van der Waals surface area contributed by atoms with Crippen molar-refractivity contribution in [1.29, 1.82) is 0 Å². The van der Waals surface area contributed by atoms with Crippen LogP contribution in [0.1, 0.15) is 10.4 Å². The van der Waals surface area contributed by atoms with Crippen LogP contribution >= 0.6 is 23.1 Å². The Morgan fingerprint density at radius 3 is 2.66 bits per heavy atom. The van der Waals surface area contributed by atoms with Gasteiger partial charge in [-0.3, -0.25) is 4.79 Å². The number of halogens is 1. The van der Waals surface area contributed by atoms with E-state index in [2.05, 4.69) is 10.3 Å². The van der Waals surface area contributed by atoms with Crippen LogP contribution in [0.25, 0.3) is 10.2 Å². The number of hydrogen-bond donors (Lipinski definition) is 1. The molecule has 0 atom stereocenters. The lowest BCUT2D eigenvalue weighted by atomic mass is 10.2. The van der Waals surface area contributed by atoms with Crippen molar-refractivity contribution in [3.63, 3.8) is 0 Å². The van der Waals surface area contributed by atoms with Gasteiger partial charge in [0.1, 0.15) is 11.6 Å². The third kappa shape index (κ3) is 5.13. The van der Waals surface area contributed by atoms with E-state index in [4.69, 9.17) is 4.74 Å². The molecule has 146 valence electrons. The van der Waals surface area contributed by atoms with E-state index in [0.29, 0.717) is 17.9 Å². The number of fused-ring (bicyclic) bond motifs is 1. The lowest BCUT2D eigenvalue weighted by Crippen LogP contribution is -2.11. The summed E-state index contributed by atoms with van der Waals surface area (Å²) in [6.07, 6.45) is 0. The van der Waals surface area contributed by atoms with Crippen LogP contribution in [-0.2, 0) is 0 Å². The number of carbonyl (C=O) groups is 1. The minimum absolute atomic E-state index is 0.276. The Kier molecular flexibility index (Phi) is 6.07. The molecule has 0 radical (unpaired) electrons. The molecule has 0 aliphatic carbocycles. The first-order chi connectivity index (χ1) is 14.2. The number of ether oxygens (including phenoxy) is 1. The number of thiazole rings is 1. The first-order valence-corrected chi connectivity index (χ1v) is 10.8. The molecule has 1 N–H and O–H groups in total. The maximum Gasteiger partial charge on any atom is 0.255 e. The monoisotopic (exact) mass is 424 g/mol. The molecule has 4 aromatic rings. The second-order valence-corrected chi connectivity index (χ2v) is 8.51. The fourth-order valence-electron chi connectivity index (χ4n) is 2.65. The molecule has 4 nitrogen and oxygen atoms in total. The zero-order valence-corrected chi connectivity index (χ0v) is 16.9. The molecule has 7 heteroatoms. The summed E-state index contributed by atoms with van der Waals surface area (Å²) < 4.78 is 20.7. The molecule has 4 rings (SSSR count). The van der Waals surface area contributed by atoms with Gasteiger partial charge in [0.15, 0.2) is 4.34 Å². The Bertz CT molecular complexity index is 1110. The van der Waals surface area contributed by atoms with Gasteiger partial charge < -0.3 is 10.1 Å². The fourth-order valence-corrected chi connectivity index (χ4v) is 4.65. The third-order valence-electron chi connectivity index (χ3n) is 4.05. The smallest absolute Gasteiger partial charge is 0.255 e. The lowest BCUT2D eigenvalue weighted by Gasteiger charge is -2.05. The molecule has 0 saturated carbocycles.